The zero-order valence-electron chi connectivity index (χ0n) is 10.9. The van der Waals surface area contributed by atoms with Gasteiger partial charge in [0, 0.05) is 6.61 Å². The summed E-state index contributed by atoms with van der Waals surface area (Å²) < 4.78 is 5.32. The van der Waals surface area contributed by atoms with Gasteiger partial charge in [-0.1, -0.05) is 18.8 Å². The first kappa shape index (κ1) is 14.7. The Labute approximate surface area is 108 Å². The number of hydrogen-bond donors (Lipinski definition) is 2. The Kier molecular flexibility index (Phi) is 7.85. The molecule has 0 aliphatic heterocycles. The summed E-state index contributed by atoms with van der Waals surface area (Å²) in [5, 5.41) is 19.6. The first-order valence-corrected chi connectivity index (χ1v) is 6.35. The summed E-state index contributed by atoms with van der Waals surface area (Å²) in [5.74, 6) is 5.29. The van der Waals surface area contributed by atoms with Gasteiger partial charge in [-0.25, -0.2) is 0 Å². The molecule has 1 rings (SSSR count). The zero-order chi connectivity index (χ0) is 13.1. The van der Waals surface area contributed by atoms with Crippen molar-refractivity contribution in [1.29, 1.82) is 0 Å². The molecule has 0 fully saturated rings. The molecule has 0 aliphatic rings. The van der Waals surface area contributed by atoms with E-state index in [2.05, 4.69) is 27.3 Å². The minimum Gasteiger partial charge on any atom is -0.378 e. The third kappa shape index (κ3) is 7.05. The van der Waals surface area contributed by atoms with Crippen LogP contribution in [0.2, 0.25) is 0 Å². The maximum atomic E-state index is 9.28. The summed E-state index contributed by atoms with van der Waals surface area (Å²) in [5.41, 5.74) is 1.02. The van der Waals surface area contributed by atoms with Crippen molar-refractivity contribution in [3.63, 3.8) is 0 Å². The predicted molar refractivity (Wildman–Crippen MR) is 68.8 cm³/mol. The third-order valence-electron chi connectivity index (χ3n) is 2.52. The molecule has 0 spiro atoms. The van der Waals surface area contributed by atoms with Gasteiger partial charge in [0.1, 0.15) is 6.10 Å². The van der Waals surface area contributed by atoms with Crippen LogP contribution in [0.1, 0.15) is 38.3 Å². The highest BCUT2D eigenvalue weighted by Crippen LogP contribution is 2.04. The number of nitrogens with one attached hydrogen (secondary N) is 1. The number of unbranched alkanes of at least 4 members (excludes halogenated alkanes) is 3. The van der Waals surface area contributed by atoms with Gasteiger partial charge in [0.2, 0.25) is 0 Å². The van der Waals surface area contributed by atoms with Crippen molar-refractivity contribution in [2.45, 2.75) is 45.1 Å². The second-order valence-electron chi connectivity index (χ2n) is 4.11. The lowest BCUT2D eigenvalue weighted by atomic mass is 10.1. The van der Waals surface area contributed by atoms with Crippen LogP contribution in [0.15, 0.2) is 6.20 Å². The highest BCUT2D eigenvalue weighted by Gasteiger charge is 1.99. The monoisotopic (exact) mass is 251 g/mol. The van der Waals surface area contributed by atoms with Gasteiger partial charge in [-0.05, 0) is 26.2 Å². The quantitative estimate of drug-likeness (QED) is 0.513. The Morgan fingerprint density at radius 2 is 2.22 bits per heavy atom. The highest BCUT2D eigenvalue weighted by atomic mass is 16.5. The third-order valence-corrected chi connectivity index (χ3v) is 2.52. The molecule has 1 atom stereocenters. The van der Waals surface area contributed by atoms with E-state index < -0.39 is 6.10 Å². The van der Waals surface area contributed by atoms with Crippen molar-refractivity contribution < 1.29 is 9.84 Å². The molecule has 0 aliphatic carbocycles. The summed E-state index contributed by atoms with van der Waals surface area (Å²) in [6, 6.07) is 0. The van der Waals surface area contributed by atoms with Crippen LogP contribution in [-0.2, 0) is 11.2 Å². The standard InChI is InChI=1S/C13H21N3O2/c1-2-7-13(17)11-18-9-6-4-3-5-8-12-10-14-16-15-12/h10,13,17H,3-6,8-9,11H2,1H3,(H,14,15,16). The molecule has 0 aromatic carbocycles. The number of H-pyrrole nitrogens is 1. The zero-order valence-corrected chi connectivity index (χ0v) is 10.9. The van der Waals surface area contributed by atoms with E-state index in [1.807, 2.05) is 0 Å². The number of aryl methyl sites for hydroxylation is 1. The molecule has 0 amide bonds. The van der Waals surface area contributed by atoms with Gasteiger partial charge in [0.25, 0.3) is 0 Å². The molecule has 2 N–H and O–H groups in total. The number of aromatic amines is 1. The van der Waals surface area contributed by atoms with Gasteiger partial charge < -0.3 is 9.84 Å². The van der Waals surface area contributed by atoms with Gasteiger partial charge in [0.15, 0.2) is 0 Å². The first-order chi connectivity index (χ1) is 8.83. The molecular formula is C13H21N3O2. The molecule has 1 aromatic heterocycles. The summed E-state index contributed by atoms with van der Waals surface area (Å²) >= 11 is 0. The molecule has 5 nitrogen and oxygen atoms in total. The van der Waals surface area contributed by atoms with Crippen LogP contribution < -0.4 is 0 Å². The number of nitrogens with zero attached hydrogens (tertiary/aromatic N) is 2. The van der Waals surface area contributed by atoms with Crippen molar-refractivity contribution in [2.75, 3.05) is 13.2 Å². The van der Waals surface area contributed by atoms with Crippen LogP contribution in [0, 0.1) is 11.8 Å². The molecular weight excluding hydrogens is 230 g/mol. The minimum atomic E-state index is -0.651. The molecule has 100 valence electrons. The molecule has 0 bridgehead atoms. The Morgan fingerprint density at radius 1 is 1.39 bits per heavy atom. The Morgan fingerprint density at radius 3 is 2.94 bits per heavy atom. The maximum absolute atomic E-state index is 9.28. The Bertz CT molecular complexity index is 354. The van der Waals surface area contributed by atoms with Gasteiger partial charge >= 0.3 is 0 Å². The number of rotatable bonds is 9. The second kappa shape index (κ2) is 9.63. The summed E-state index contributed by atoms with van der Waals surface area (Å²) in [6.45, 7) is 2.70. The lowest BCUT2D eigenvalue weighted by molar-refractivity contribution is 0.0617. The van der Waals surface area contributed by atoms with Crippen LogP contribution in [0.4, 0.5) is 0 Å². The van der Waals surface area contributed by atoms with E-state index in [0.29, 0.717) is 13.2 Å². The van der Waals surface area contributed by atoms with E-state index >= 15 is 0 Å². The van der Waals surface area contributed by atoms with E-state index in [1.54, 1.807) is 13.1 Å². The smallest absolute Gasteiger partial charge is 0.137 e. The fourth-order valence-corrected chi connectivity index (χ4v) is 1.61. The SMILES string of the molecule is CC#CC(O)COCCCCCCc1cn[nH]n1. The Balaban J connectivity index is 1.85. The van der Waals surface area contributed by atoms with E-state index in [1.165, 1.54) is 0 Å². The maximum Gasteiger partial charge on any atom is 0.137 e. The predicted octanol–water partition coefficient (Wildman–Crippen LogP) is 1.31. The highest BCUT2D eigenvalue weighted by molar-refractivity contribution is 5.01. The number of hydrogen-bond acceptors (Lipinski definition) is 4. The van der Waals surface area contributed by atoms with Crippen LogP contribution in [-0.4, -0.2) is 39.8 Å². The van der Waals surface area contributed by atoms with Crippen molar-refractivity contribution >= 4 is 0 Å². The number of ether oxygens (including phenoxy) is 1. The van der Waals surface area contributed by atoms with E-state index in [-0.39, 0.29) is 0 Å². The van der Waals surface area contributed by atoms with Crippen molar-refractivity contribution in [3.8, 4) is 11.8 Å². The fraction of sp³-hybridized carbons (Fsp3) is 0.692. The minimum absolute atomic E-state index is 0.305. The molecule has 1 unspecified atom stereocenters. The lowest BCUT2D eigenvalue weighted by Crippen LogP contribution is -2.13. The molecule has 0 saturated carbocycles. The van der Waals surface area contributed by atoms with Crippen molar-refractivity contribution in [3.05, 3.63) is 11.9 Å². The average molecular weight is 251 g/mol. The molecule has 1 aromatic rings. The van der Waals surface area contributed by atoms with Crippen LogP contribution in [0.3, 0.4) is 0 Å². The Hall–Kier alpha value is -1.38. The van der Waals surface area contributed by atoms with Gasteiger partial charge in [-0.15, -0.1) is 5.92 Å². The topological polar surface area (TPSA) is 71.0 Å². The molecule has 1 heterocycles. The van der Waals surface area contributed by atoms with E-state index in [0.717, 1.165) is 37.8 Å². The van der Waals surface area contributed by atoms with Crippen molar-refractivity contribution in [1.82, 2.24) is 15.4 Å². The summed E-state index contributed by atoms with van der Waals surface area (Å²) in [4.78, 5) is 0. The van der Waals surface area contributed by atoms with Gasteiger partial charge in [-0.3, -0.25) is 0 Å². The molecule has 0 radical (unpaired) electrons. The number of aliphatic hydroxyl groups is 1. The fourth-order valence-electron chi connectivity index (χ4n) is 1.61. The largest absolute Gasteiger partial charge is 0.378 e. The lowest BCUT2D eigenvalue weighted by Gasteiger charge is -2.05. The molecule has 5 heteroatoms. The summed E-state index contributed by atoms with van der Waals surface area (Å²) in [7, 11) is 0. The first-order valence-electron chi connectivity index (χ1n) is 6.35. The van der Waals surface area contributed by atoms with Crippen LogP contribution in [0.5, 0.6) is 0 Å². The second-order valence-corrected chi connectivity index (χ2v) is 4.11. The number of aliphatic hydroxyl groups excluding tert-OH is 1. The number of aromatic nitrogens is 3. The van der Waals surface area contributed by atoms with Gasteiger partial charge in [0.05, 0.1) is 18.5 Å². The van der Waals surface area contributed by atoms with Gasteiger partial charge in [-0.2, -0.15) is 15.4 Å². The van der Waals surface area contributed by atoms with Crippen molar-refractivity contribution in [2.24, 2.45) is 0 Å². The molecule has 18 heavy (non-hydrogen) atoms. The molecule has 0 saturated heterocycles. The average Bonchev–Trinajstić information content (AvgIpc) is 2.86. The normalized spacial score (nSPS) is 11.9. The van der Waals surface area contributed by atoms with Crippen LogP contribution in [0.25, 0.3) is 0 Å². The van der Waals surface area contributed by atoms with Crippen LogP contribution >= 0.6 is 0 Å². The van der Waals surface area contributed by atoms with E-state index in [4.69, 9.17) is 4.74 Å². The van der Waals surface area contributed by atoms with E-state index in [9.17, 15) is 5.11 Å². The summed E-state index contributed by atoms with van der Waals surface area (Å²) in [6.07, 6.45) is 6.52.